The topological polar surface area (TPSA) is 221 Å². The van der Waals surface area contributed by atoms with Crippen molar-refractivity contribution in [2.24, 2.45) is 0 Å². The third kappa shape index (κ3) is 40.9. The molecule has 0 spiro atoms. The van der Waals surface area contributed by atoms with Crippen LogP contribution in [0.3, 0.4) is 0 Å². The Labute approximate surface area is 765 Å². The second kappa shape index (κ2) is 55.0. The molecular weight excluding hydrogens is 2000 g/mol. The first-order chi connectivity index (χ1) is 51.2. The molecule has 0 saturated heterocycles. The van der Waals surface area contributed by atoms with E-state index in [2.05, 4.69) is 259 Å². The van der Waals surface area contributed by atoms with Gasteiger partial charge in [0.15, 0.2) is 0 Å². The van der Waals surface area contributed by atoms with Crippen LogP contribution in [0.15, 0.2) is 228 Å². The average Bonchev–Trinajstić information content (AvgIpc) is 1.37. The number of aryl methyl sites for hydroxylation is 5. The first-order valence-electron chi connectivity index (χ1n) is 33.7. The lowest BCUT2D eigenvalue weighted by Gasteiger charge is -2.19. The highest BCUT2D eigenvalue weighted by Gasteiger charge is 2.24. The summed E-state index contributed by atoms with van der Waals surface area (Å²) in [6.07, 6.45) is 6.87. The monoisotopic (exact) mass is 2100 g/mol. The molecule has 0 aliphatic carbocycles. The van der Waals surface area contributed by atoms with E-state index < -0.39 is 28.8 Å². The minimum absolute atomic E-state index is 0. The molecule has 0 bridgehead atoms. The molecule has 0 atom stereocenters. The highest BCUT2D eigenvalue weighted by molar-refractivity contribution is 9.11. The van der Waals surface area contributed by atoms with Gasteiger partial charge in [-0.3, -0.25) is 0 Å². The Kier molecular flexibility index (Phi) is 53.7. The zero-order valence-corrected chi connectivity index (χ0v) is 77.0. The number of alkyl halides is 2. The van der Waals surface area contributed by atoms with E-state index in [1.165, 1.54) is 62.1 Å². The van der Waals surface area contributed by atoms with Crippen molar-refractivity contribution in [1.82, 2.24) is 29.5 Å². The van der Waals surface area contributed by atoms with Crippen LogP contribution in [0, 0.1) is 91.3 Å². The van der Waals surface area contributed by atoms with Crippen LogP contribution in [-0.2, 0) is 51.8 Å². The lowest BCUT2D eigenvalue weighted by molar-refractivity contribution is 0.426. The molecule has 0 unspecified atom stereocenters. The van der Waals surface area contributed by atoms with Gasteiger partial charge in [-0.15, -0.1) is 0 Å². The molecule has 2 heterocycles. The Bertz CT molecular complexity index is 4890. The smallest absolute Gasteiger partial charge is 0.423 e. The van der Waals surface area contributed by atoms with E-state index in [0.29, 0.717) is 35.0 Å². The highest BCUT2D eigenvalue weighted by atomic mass is 79.9. The van der Waals surface area contributed by atoms with Gasteiger partial charge in [0, 0.05) is 47.5 Å². The molecule has 115 heavy (non-hydrogen) atoms. The van der Waals surface area contributed by atoms with E-state index >= 15 is 0 Å². The predicted molar refractivity (Wildman–Crippen MR) is 514 cm³/mol. The molecule has 0 aliphatic rings. The molecule has 0 amide bonds. The second-order valence-corrected chi connectivity index (χ2v) is 34.9. The first kappa shape index (κ1) is 112. The molecule has 9 aromatic carbocycles. The zero-order valence-electron chi connectivity index (χ0n) is 62.8. The number of hydrogen-bond donors (Lipinski definition) is 2. The fraction of sp³-hybridized carbons (Fsp3) is 0.308. The molecule has 11 rings (SSSR count). The number of nitriles is 5. The molecule has 11 aromatic rings. The van der Waals surface area contributed by atoms with Crippen LogP contribution >= 0.6 is 151 Å². The molecule has 0 saturated carbocycles. The maximum absolute atomic E-state index is 9.50. The molecule has 2 aromatic heterocycles. The fourth-order valence-corrected chi connectivity index (χ4v) is 14.8. The van der Waals surface area contributed by atoms with E-state index in [4.69, 9.17) is 49.0 Å². The van der Waals surface area contributed by atoms with Crippen LogP contribution in [0.5, 0.6) is 0 Å². The van der Waals surface area contributed by atoms with Crippen molar-refractivity contribution in [3.05, 3.63) is 316 Å². The summed E-state index contributed by atoms with van der Waals surface area (Å²) >= 11 is 39.1. The molecule has 13 nitrogen and oxygen atoms in total. The lowest BCUT2D eigenvalue weighted by Crippen LogP contribution is -2.29. The summed E-state index contributed by atoms with van der Waals surface area (Å²) in [6.45, 7) is 26.9. The van der Waals surface area contributed by atoms with Gasteiger partial charge in [-0.2, -0.15) is 36.5 Å². The average molecular weight is 2110 g/mol. The molecule has 0 aliphatic heterocycles. The van der Waals surface area contributed by atoms with Crippen LogP contribution in [-0.4, -0.2) is 46.7 Å². The number of hydrogen-bond acceptors (Lipinski definition) is 11. The minimum Gasteiger partial charge on any atom is -0.423 e. The van der Waals surface area contributed by atoms with Crippen molar-refractivity contribution >= 4 is 163 Å². The van der Waals surface area contributed by atoms with E-state index in [-0.39, 0.29) is 44.6 Å². The summed E-state index contributed by atoms with van der Waals surface area (Å²) in [4.78, 5) is 7.90. The summed E-state index contributed by atoms with van der Waals surface area (Å²) in [5, 5.41) is 73.6. The van der Waals surface area contributed by atoms with Crippen molar-refractivity contribution in [3.8, 4) is 41.5 Å². The van der Waals surface area contributed by atoms with E-state index in [1.807, 2.05) is 160 Å². The van der Waals surface area contributed by atoms with E-state index in [0.717, 1.165) is 83.1 Å². The molecule has 24 heteroatoms. The van der Waals surface area contributed by atoms with Gasteiger partial charge in [0.2, 0.25) is 0 Å². The number of nitrogens with zero attached hydrogens (tertiary/aromatic N) is 11. The number of aromatic nitrogens is 6. The van der Waals surface area contributed by atoms with Gasteiger partial charge in [0.1, 0.15) is 25.3 Å². The van der Waals surface area contributed by atoms with Crippen LogP contribution in [0.25, 0.3) is 11.1 Å². The van der Waals surface area contributed by atoms with Gasteiger partial charge < -0.3 is 10.0 Å². The lowest BCUT2D eigenvalue weighted by atomic mass is 9.81. The van der Waals surface area contributed by atoms with E-state index in [9.17, 15) is 10.5 Å². The third-order valence-corrected chi connectivity index (χ3v) is 20.4. The summed E-state index contributed by atoms with van der Waals surface area (Å²) < 4.78 is 9.91. The largest absolute Gasteiger partial charge is 0.488 e. The zero-order chi connectivity index (χ0) is 81.4. The van der Waals surface area contributed by atoms with E-state index in [1.54, 1.807) is 40.2 Å². The molecule has 0 fully saturated rings. The van der Waals surface area contributed by atoms with Crippen molar-refractivity contribution < 1.29 is 10.0 Å². The van der Waals surface area contributed by atoms with Gasteiger partial charge in [-0.1, -0.05) is 262 Å². The van der Waals surface area contributed by atoms with Gasteiger partial charge in [-0.25, -0.2) is 19.3 Å². The van der Waals surface area contributed by atoms with Crippen molar-refractivity contribution in [2.45, 2.75) is 186 Å². The Hall–Kier alpha value is -6.89. The molecule has 2 N–H and O–H groups in total. The van der Waals surface area contributed by atoms with Gasteiger partial charge in [0.05, 0.1) is 71.5 Å². The van der Waals surface area contributed by atoms with Gasteiger partial charge >= 0.3 is 7.12 Å². The predicted octanol–water partition coefficient (Wildman–Crippen LogP) is 28.4. The van der Waals surface area contributed by atoms with Crippen molar-refractivity contribution in [1.29, 1.82) is 26.3 Å². The summed E-state index contributed by atoms with van der Waals surface area (Å²) in [5.74, 6) is 0. The fourth-order valence-electron chi connectivity index (χ4n) is 10.0. The minimum atomic E-state index is -1.43. The Morgan fingerprint density at radius 2 is 0.696 bits per heavy atom. The molecule has 612 valence electrons. The Morgan fingerprint density at radius 3 is 1.04 bits per heavy atom. The molecular formula is C91H108BBr8Cl2N11O2. The third-order valence-electron chi connectivity index (χ3n) is 15.9. The van der Waals surface area contributed by atoms with Gasteiger partial charge in [-0.05, 0) is 294 Å². The van der Waals surface area contributed by atoms with Crippen molar-refractivity contribution in [2.75, 3.05) is 0 Å². The quantitative estimate of drug-likeness (QED) is 0.0816. The van der Waals surface area contributed by atoms with Crippen LogP contribution in [0.2, 0.25) is 10.0 Å². The summed E-state index contributed by atoms with van der Waals surface area (Å²) in [7, 11) is -1.43. The van der Waals surface area contributed by atoms with Crippen molar-refractivity contribution in [3.63, 3.8) is 0 Å². The van der Waals surface area contributed by atoms with Crippen LogP contribution in [0.4, 0.5) is 0 Å². The highest BCUT2D eigenvalue weighted by Crippen LogP contribution is 2.33. The Morgan fingerprint density at radius 1 is 0.374 bits per heavy atom. The summed E-state index contributed by atoms with van der Waals surface area (Å²) in [5.41, 5.74) is 16.6. The number of halogens is 10. The van der Waals surface area contributed by atoms with Crippen LogP contribution in [0.1, 0.15) is 178 Å². The molecule has 0 radical (unpaired) electrons. The number of rotatable bonds is 13. The van der Waals surface area contributed by atoms with Gasteiger partial charge in [0.25, 0.3) is 0 Å². The summed E-state index contributed by atoms with van der Waals surface area (Å²) in [6, 6.07) is 68.8. The normalized spacial score (nSPS) is 10.0. The maximum Gasteiger partial charge on any atom is 0.488 e. The first-order valence-corrected chi connectivity index (χ1v) is 41.5. The van der Waals surface area contributed by atoms with Crippen LogP contribution < -0.4 is 5.46 Å². The standard InChI is InChI=1S/C19H17ClN4.C13H13BrN4.C11H11Br2N.C11H12BrN.C9H8BrN.C8H8Br2.C8H9Br.C6H6BClO2.6CH4/c1-19(2,11-21)17-7-14(10-24-13-22-12-23-24)6-16(8-17)15-4-3-5-18(20)9-15;1-13(2,7-15)11-3-10(4-12(14)5-11)6-18-9-16-8-17-18;1-11(2,7-14)9-3-8(6-12)4-10(13)5-9;1-8-4-9(6-10(12)5-8)11(2,3)7-13;1-7-4-8(2-3-11)6-9(10)5-7;1-6-2-7(5-9)4-8(10)3-6;1-6-3-7(2)5-8(9)4-6;8-6-3-1-2-5(4-6)7(9)10;;;;;;/h3-9,12-13H,10H2,1-2H3;3-5,8-9H,6H2,1-2H3;3-5H,6H2,1-2H3;4-6H,1-3H3;4-6H,2H2,1H3;2-4H,5H2,1H3;3-5H,1-2H3;1-4,9-10H;6*1H4. The second-order valence-electron chi connectivity index (χ2n) is 27.4. The number of benzene rings is 9. The maximum atomic E-state index is 9.50. The SMILES string of the molecule is C.C.C.C.C.C.CC(C)(C#N)c1cc(Br)cc(CBr)c1.CC(C)(C#N)c1cc(Br)cc(Cn2cncn2)c1.CC(C)(C#N)c1cc(Cn2cncn2)cc(-c2cccc(Cl)c2)c1.Cc1cc(Br)cc(C(C)(C)C#N)c1.Cc1cc(Br)cc(CBr)c1.Cc1cc(Br)cc(CC#N)c1.Cc1cc(C)cc(Br)c1.OB(O)c1cccc(Cl)c1. The Balaban J connectivity index is -0.00000126.